The van der Waals surface area contributed by atoms with E-state index in [-0.39, 0.29) is 0 Å². The van der Waals surface area contributed by atoms with E-state index in [0.717, 1.165) is 25.8 Å². The molecular formula is C15H19NO. The highest BCUT2D eigenvalue weighted by atomic mass is 16.1. The zero-order valence-corrected chi connectivity index (χ0v) is 10.6. The van der Waals surface area contributed by atoms with Crippen LogP contribution < -0.4 is 4.90 Å². The lowest BCUT2D eigenvalue weighted by Crippen LogP contribution is -2.46. The Labute approximate surface area is 103 Å². The van der Waals surface area contributed by atoms with Gasteiger partial charge < -0.3 is 4.90 Å². The second kappa shape index (κ2) is 3.86. The van der Waals surface area contributed by atoms with Gasteiger partial charge in [-0.3, -0.25) is 4.79 Å². The zero-order valence-electron chi connectivity index (χ0n) is 10.6. The number of piperidine rings is 1. The molecule has 17 heavy (non-hydrogen) atoms. The van der Waals surface area contributed by atoms with E-state index in [9.17, 15) is 4.79 Å². The standard InChI is InChI=1S/C15H19NO/c1-10-3-4-15-14(7-10)11(2)8-12-9-13(17)5-6-16(12)15/h3-4,7,11-12H,5-6,8-9H2,1-2H3/t11-,12+/m0/s1. The Morgan fingerprint density at radius 2 is 2.18 bits per heavy atom. The van der Waals surface area contributed by atoms with Crippen LogP contribution in [0.1, 0.15) is 43.2 Å². The molecule has 1 aromatic carbocycles. The van der Waals surface area contributed by atoms with Crippen LogP contribution in [-0.2, 0) is 4.79 Å². The van der Waals surface area contributed by atoms with Crippen LogP contribution in [0.5, 0.6) is 0 Å². The Morgan fingerprint density at radius 3 is 3.00 bits per heavy atom. The van der Waals surface area contributed by atoms with Crippen LogP contribution in [0.4, 0.5) is 5.69 Å². The number of Topliss-reactive ketones (excluding diaryl/α,β-unsaturated/α-hetero) is 1. The van der Waals surface area contributed by atoms with E-state index in [4.69, 9.17) is 0 Å². The number of hydrogen-bond donors (Lipinski definition) is 0. The molecule has 2 heterocycles. The fourth-order valence-corrected chi connectivity index (χ4v) is 3.30. The monoisotopic (exact) mass is 229 g/mol. The number of nitrogens with zero attached hydrogens (tertiary/aromatic N) is 1. The SMILES string of the molecule is Cc1ccc2c(c1)[C@@H](C)C[C@@H]1CC(=O)CCN21. The molecule has 0 aliphatic carbocycles. The summed E-state index contributed by atoms with van der Waals surface area (Å²) in [6, 6.07) is 7.18. The van der Waals surface area contributed by atoms with Gasteiger partial charge in [-0.15, -0.1) is 0 Å². The van der Waals surface area contributed by atoms with Gasteiger partial charge in [-0.25, -0.2) is 0 Å². The van der Waals surface area contributed by atoms with Crippen molar-refractivity contribution in [1.29, 1.82) is 0 Å². The number of ketones is 1. The van der Waals surface area contributed by atoms with Crippen molar-refractivity contribution >= 4 is 11.5 Å². The molecule has 2 heteroatoms. The van der Waals surface area contributed by atoms with Crippen LogP contribution in [0.2, 0.25) is 0 Å². The highest BCUT2D eigenvalue weighted by molar-refractivity contribution is 5.82. The number of anilines is 1. The molecule has 2 aliphatic heterocycles. The lowest BCUT2D eigenvalue weighted by Gasteiger charge is -2.44. The quantitative estimate of drug-likeness (QED) is 0.681. The molecule has 0 N–H and O–H groups in total. The van der Waals surface area contributed by atoms with E-state index in [0.29, 0.717) is 17.7 Å². The third-order valence-electron chi connectivity index (χ3n) is 4.18. The number of rotatable bonds is 0. The van der Waals surface area contributed by atoms with E-state index in [1.165, 1.54) is 16.8 Å². The fraction of sp³-hybridized carbons (Fsp3) is 0.533. The van der Waals surface area contributed by atoms with Crippen molar-refractivity contribution in [3.63, 3.8) is 0 Å². The van der Waals surface area contributed by atoms with Crippen molar-refractivity contribution in [3.05, 3.63) is 29.3 Å². The molecule has 1 fully saturated rings. The van der Waals surface area contributed by atoms with Crippen LogP contribution in [0.3, 0.4) is 0 Å². The van der Waals surface area contributed by atoms with Crippen LogP contribution in [0.25, 0.3) is 0 Å². The fourth-order valence-electron chi connectivity index (χ4n) is 3.30. The van der Waals surface area contributed by atoms with Crippen LogP contribution in [0, 0.1) is 6.92 Å². The minimum absolute atomic E-state index is 0.439. The maximum absolute atomic E-state index is 11.6. The topological polar surface area (TPSA) is 20.3 Å². The van der Waals surface area contributed by atoms with Crippen LogP contribution in [0.15, 0.2) is 18.2 Å². The summed E-state index contributed by atoms with van der Waals surface area (Å²) in [5.74, 6) is 1.02. The molecule has 2 atom stereocenters. The Hall–Kier alpha value is -1.31. The van der Waals surface area contributed by atoms with Crippen molar-refractivity contribution in [2.24, 2.45) is 0 Å². The molecule has 0 spiro atoms. The Balaban J connectivity index is 2.02. The second-order valence-electron chi connectivity index (χ2n) is 5.54. The van der Waals surface area contributed by atoms with Crippen molar-refractivity contribution in [3.8, 4) is 0 Å². The summed E-state index contributed by atoms with van der Waals surface area (Å²) in [5, 5.41) is 0. The van der Waals surface area contributed by atoms with E-state index in [2.05, 4.69) is 36.9 Å². The molecule has 0 amide bonds. The van der Waals surface area contributed by atoms with E-state index >= 15 is 0 Å². The van der Waals surface area contributed by atoms with Crippen molar-refractivity contribution in [1.82, 2.24) is 0 Å². The maximum Gasteiger partial charge on any atom is 0.136 e. The lowest BCUT2D eigenvalue weighted by atomic mass is 9.82. The number of aryl methyl sites for hydroxylation is 1. The molecule has 90 valence electrons. The van der Waals surface area contributed by atoms with Gasteiger partial charge in [0.25, 0.3) is 0 Å². The summed E-state index contributed by atoms with van der Waals surface area (Å²) in [6.07, 6.45) is 2.60. The molecule has 2 nitrogen and oxygen atoms in total. The third-order valence-corrected chi connectivity index (χ3v) is 4.18. The van der Waals surface area contributed by atoms with Gasteiger partial charge >= 0.3 is 0 Å². The van der Waals surface area contributed by atoms with Crippen LogP contribution in [-0.4, -0.2) is 18.4 Å². The molecule has 1 aromatic rings. The molecule has 1 saturated heterocycles. The third kappa shape index (κ3) is 1.76. The molecule has 3 rings (SSSR count). The predicted molar refractivity (Wildman–Crippen MR) is 69.6 cm³/mol. The Kier molecular flexibility index (Phi) is 2.46. The van der Waals surface area contributed by atoms with Gasteiger partial charge in [0.15, 0.2) is 0 Å². The molecule has 0 radical (unpaired) electrons. The number of fused-ring (bicyclic) bond motifs is 3. The minimum atomic E-state index is 0.439. The first-order valence-corrected chi connectivity index (χ1v) is 6.54. The molecular weight excluding hydrogens is 210 g/mol. The van der Waals surface area contributed by atoms with Crippen molar-refractivity contribution in [2.75, 3.05) is 11.4 Å². The maximum atomic E-state index is 11.6. The highest BCUT2D eigenvalue weighted by Crippen LogP contribution is 2.41. The molecule has 0 unspecified atom stereocenters. The summed E-state index contributed by atoms with van der Waals surface area (Å²) < 4.78 is 0. The number of carbonyl (C=O) groups is 1. The summed E-state index contributed by atoms with van der Waals surface area (Å²) in [6.45, 7) is 5.35. The van der Waals surface area contributed by atoms with Gasteiger partial charge in [0.05, 0.1) is 0 Å². The van der Waals surface area contributed by atoms with Gasteiger partial charge in [0.2, 0.25) is 0 Å². The highest BCUT2D eigenvalue weighted by Gasteiger charge is 2.34. The second-order valence-corrected chi connectivity index (χ2v) is 5.54. The average Bonchev–Trinajstić information content (AvgIpc) is 2.29. The molecule has 0 aromatic heterocycles. The van der Waals surface area contributed by atoms with E-state index in [1.54, 1.807) is 0 Å². The van der Waals surface area contributed by atoms with Gasteiger partial charge in [0.1, 0.15) is 5.78 Å². The Morgan fingerprint density at radius 1 is 1.35 bits per heavy atom. The normalized spacial score (nSPS) is 27.6. The summed E-state index contributed by atoms with van der Waals surface area (Å²) in [7, 11) is 0. The summed E-state index contributed by atoms with van der Waals surface area (Å²) >= 11 is 0. The first kappa shape index (κ1) is 10.8. The average molecular weight is 229 g/mol. The van der Waals surface area contributed by atoms with Gasteiger partial charge in [-0.1, -0.05) is 24.6 Å². The summed E-state index contributed by atoms with van der Waals surface area (Å²) in [4.78, 5) is 14.0. The predicted octanol–water partition coefficient (Wildman–Crippen LogP) is 3.04. The van der Waals surface area contributed by atoms with Gasteiger partial charge in [0, 0.05) is 31.1 Å². The van der Waals surface area contributed by atoms with E-state index in [1.807, 2.05) is 0 Å². The van der Waals surface area contributed by atoms with E-state index < -0.39 is 0 Å². The number of hydrogen-bond acceptors (Lipinski definition) is 2. The smallest absolute Gasteiger partial charge is 0.136 e. The summed E-state index contributed by atoms with van der Waals surface area (Å²) in [5.41, 5.74) is 4.17. The molecule has 2 aliphatic rings. The molecule has 0 saturated carbocycles. The first-order chi connectivity index (χ1) is 8.15. The van der Waals surface area contributed by atoms with Gasteiger partial charge in [-0.05, 0) is 30.9 Å². The van der Waals surface area contributed by atoms with Crippen LogP contribution >= 0.6 is 0 Å². The van der Waals surface area contributed by atoms with Crippen molar-refractivity contribution < 1.29 is 4.79 Å². The number of benzene rings is 1. The largest absolute Gasteiger partial charge is 0.367 e. The number of carbonyl (C=O) groups excluding carboxylic acids is 1. The first-order valence-electron chi connectivity index (χ1n) is 6.54. The zero-order chi connectivity index (χ0) is 12.0. The minimum Gasteiger partial charge on any atom is -0.367 e. The lowest BCUT2D eigenvalue weighted by molar-refractivity contribution is -0.120. The Bertz CT molecular complexity index is 466. The van der Waals surface area contributed by atoms with Gasteiger partial charge in [-0.2, -0.15) is 0 Å². The van der Waals surface area contributed by atoms with Crippen molar-refractivity contribution in [2.45, 2.75) is 45.1 Å². The molecule has 0 bridgehead atoms.